The Kier molecular flexibility index (Phi) is 3.76. The van der Waals surface area contributed by atoms with E-state index in [0.29, 0.717) is 16.3 Å². The molecule has 1 aromatic rings. The van der Waals surface area contributed by atoms with Gasteiger partial charge in [0, 0.05) is 5.41 Å². The minimum absolute atomic E-state index is 0.159. The second-order valence-corrected chi connectivity index (χ2v) is 5.97. The van der Waals surface area contributed by atoms with Gasteiger partial charge in [-0.05, 0) is 23.7 Å². The molecule has 0 fully saturated rings. The van der Waals surface area contributed by atoms with Crippen LogP contribution in [0.2, 0.25) is 5.02 Å². The lowest BCUT2D eigenvalue weighted by Crippen LogP contribution is -2.29. The Labute approximate surface area is 121 Å². The van der Waals surface area contributed by atoms with Gasteiger partial charge in [-0.15, -0.1) is 0 Å². The SMILES string of the molecule is CC(C)(C)C1=CN(c2c(Cl)cccc2C(=O)Cl)NO1. The quantitative estimate of drug-likeness (QED) is 0.842. The zero-order valence-corrected chi connectivity index (χ0v) is 12.3. The molecule has 0 aliphatic carbocycles. The van der Waals surface area contributed by atoms with Crippen LogP contribution in [0.3, 0.4) is 0 Å². The highest BCUT2D eigenvalue weighted by Crippen LogP contribution is 2.35. The molecule has 102 valence electrons. The Morgan fingerprint density at radius 3 is 2.58 bits per heavy atom. The molecule has 1 N–H and O–H groups in total. The van der Waals surface area contributed by atoms with Crippen LogP contribution in [0.1, 0.15) is 31.1 Å². The fraction of sp³-hybridized carbons (Fsp3) is 0.308. The van der Waals surface area contributed by atoms with E-state index < -0.39 is 5.24 Å². The van der Waals surface area contributed by atoms with Gasteiger partial charge >= 0.3 is 0 Å². The van der Waals surface area contributed by atoms with Crippen LogP contribution in [0, 0.1) is 5.41 Å². The van der Waals surface area contributed by atoms with Gasteiger partial charge in [0.05, 0.1) is 22.5 Å². The summed E-state index contributed by atoms with van der Waals surface area (Å²) in [6.07, 6.45) is 1.75. The highest BCUT2D eigenvalue weighted by atomic mass is 35.5. The number of hydrazine groups is 1. The van der Waals surface area contributed by atoms with E-state index in [2.05, 4.69) is 5.59 Å². The molecule has 2 rings (SSSR count). The van der Waals surface area contributed by atoms with Crippen LogP contribution < -0.4 is 10.6 Å². The van der Waals surface area contributed by atoms with Crippen molar-refractivity contribution in [1.29, 1.82) is 0 Å². The maximum absolute atomic E-state index is 11.4. The van der Waals surface area contributed by atoms with Crippen LogP contribution in [0.4, 0.5) is 5.69 Å². The second kappa shape index (κ2) is 5.04. The first kappa shape index (κ1) is 14.2. The third-order valence-electron chi connectivity index (χ3n) is 2.68. The van der Waals surface area contributed by atoms with Crippen LogP contribution in [-0.4, -0.2) is 5.24 Å². The summed E-state index contributed by atoms with van der Waals surface area (Å²) in [7, 11) is 0. The Morgan fingerprint density at radius 1 is 1.37 bits per heavy atom. The molecule has 6 heteroatoms. The molecule has 1 aliphatic heterocycles. The molecule has 0 amide bonds. The third kappa shape index (κ3) is 2.86. The number of nitrogens with one attached hydrogen (secondary N) is 1. The molecule has 4 nitrogen and oxygen atoms in total. The summed E-state index contributed by atoms with van der Waals surface area (Å²) < 4.78 is 0. The number of halogens is 2. The number of carbonyl (C=O) groups excluding carboxylic acids is 1. The van der Waals surface area contributed by atoms with Crippen molar-refractivity contribution in [3.8, 4) is 0 Å². The number of para-hydroxylation sites is 1. The maximum atomic E-state index is 11.4. The van der Waals surface area contributed by atoms with Crippen molar-refractivity contribution in [3.05, 3.63) is 40.7 Å². The van der Waals surface area contributed by atoms with Gasteiger partial charge in [0.15, 0.2) is 0 Å². The molecular weight excluding hydrogens is 287 g/mol. The van der Waals surface area contributed by atoms with Gasteiger partial charge in [0.2, 0.25) is 0 Å². The standard InChI is InChI=1S/C13H14Cl2N2O2/c1-13(2,3)10-7-17(16-19-10)11-8(12(15)18)5-4-6-9(11)14/h4-7,16H,1-3H3. The largest absolute Gasteiger partial charge is 0.391 e. The van der Waals surface area contributed by atoms with Crippen LogP contribution in [-0.2, 0) is 4.84 Å². The lowest BCUT2D eigenvalue weighted by Gasteiger charge is -2.18. The smallest absolute Gasteiger partial charge is 0.254 e. The Hall–Kier alpha value is -1.23. The number of benzene rings is 1. The Balaban J connectivity index is 2.45. The topological polar surface area (TPSA) is 41.6 Å². The van der Waals surface area contributed by atoms with Crippen LogP contribution in [0.25, 0.3) is 0 Å². The van der Waals surface area contributed by atoms with Gasteiger partial charge in [-0.1, -0.05) is 44.0 Å². The molecule has 1 aliphatic rings. The van der Waals surface area contributed by atoms with E-state index in [1.54, 1.807) is 29.4 Å². The summed E-state index contributed by atoms with van der Waals surface area (Å²) in [6, 6.07) is 4.97. The first-order valence-corrected chi connectivity index (χ1v) is 6.48. The summed E-state index contributed by atoms with van der Waals surface area (Å²) >= 11 is 11.7. The van der Waals surface area contributed by atoms with E-state index in [1.165, 1.54) is 0 Å². The molecule has 0 atom stereocenters. The molecule has 0 radical (unpaired) electrons. The predicted octanol–water partition coefficient (Wildman–Crippen LogP) is 3.86. The summed E-state index contributed by atoms with van der Waals surface area (Å²) in [5.41, 5.74) is 3.34. The van der Waals surface area contributed by atoms with Gasteiger partial charge in [-0.25, -0.2) is 5.01 Å². The van der Waals surface area contributed by atoms with Gasteiger partial charge in [0.1, 0.15) is 5.76 Å². The molecule has 0 unspecified atom stereocenters. The number of hydrogen-bond donors (Lipinski definition) is 1. The molecular formula is C13H14Cl2N2O2. The molecule has 0 aromatic heterocycles. The zero-order chi connectivity index (χ0) is 14.2. The number of anilines is 1. The molecule has 0 spiro atoms. The fourth-order valence-electron chi connectivity index (χ4n) is 1.64. The van der Waals surface area contributed by atoms with Crippen molar-refractivity contribution in [2.75, 3.05) is 5.01 Å². The van der Waals surface area contributed by atoms with Gasteiger partial charge in [-0.3, -0.25) is 4.79 Å². The lowest BCUT2D eigenvalue weighted by atomic mass is 9.94. The number of nitrogens with zero attached hydrogens (tertiary/aromatic N) is 1. The molecule has 1 heterocycles. The average Bonchev–Trinajstić information content (AvgIpc) is 2.77. The molecule has 19 heavy (non-hydrogen) atoms. The van der Waals surface area contributed by atoms with Crippen LogP contribution in [0.5, 0.6) is 0 Å². The second-order valence-electron chi connectivity index (χ2n) is 5.22. The summed E-state index contributed by atoms with van der Waals surface area (Å²) in [6.45, 7) is 6.05. The van der Waals surface area contributed by atoms with E-state index in [4.69, 9.17) is 28.0 Å². The Bertz CT molecular complexity index is 550. The highest BCUT2D eigenvalue weighted by Gasteiger charge is 2.28. The summed E-state index contributed by atoms with van der Waals surface area (Å²) in [5.74, 6) is 0.736. The first-order chi connectivity index (χ1) is 8.80. The number of carbonyl (C=O) groups is 1. The minimum atomic E-state index is -0.572. The van der Waals surface area contributed by atoms with E-state index in [9.17, 15) is 4.79 Å². The molecule has 1 aromatic carbocycles. The normalized spacial score (nSPS) is 15.2. The lowest BCUT2D eigenvalue weighted by molar-refractivity contribution is 0.0901. The van der Waals surface area contributed by atoms with Crippen LogP contribution >= 0.6 is 23.2 Å². The van der Waals surface area contributed by atoms with E-state index >= 15 is 0 Å². The van der Waals surface area contributed by atoms with E-state index in [-0.39, 0.29) is 5.41 Å². The Morgan fingerprint density at radius 2 is 2.05 bits per heavy atom. The zero-order valence-electron chi connectivity index (χ0n) is 10.8. The molecule has 0 saturated carbocycles. The maximum Gasteiger partial charge on any atom is 0.254 e. The van der Waals surface area contributed by atoms with Crippen molar-refractivity contribution in [2.24, 2.45) is 5.41 Å². The summed E-state index contributed by atoms with van der Waals surface area (Å²) in [5, 5.41) is 1.39. The van der Waals surface area contributed by atoms with Crippen molar-refractivity contribution in [3.63, 3.8) is 0 Å². The van der Waals surface area contributed by atoms with Crippen molar-refractivity contribution < 1.29 is 9.63 Å². The average molecular weight is 301 g/mol. The minimum Gasteiger partial charge on any atom is -0.391 e. The third-order valence-corrected chi connectivity index (χ3v) is 3.19. The van der Waals surface area contributed by atoms with E-state index in [1.807, 2.05) is 20.8 Å². The number of allylic oxidation sites excluding steroid dienone is 1. The van der Waals surface area contributed by atoms with Crippen molar-refractivity contribution in [1.82, 2.24) is 5.59 Å². The first-order valence-electron chi connectivity index (χ1n) is 5.73. The molecule has 0 saturated heterocycles. The fourth-order valence-corrected chi connectivity index (χ4v) is 2.06. The van der Waals surface area contributed by atoms with Crippen molar-refractivity contribution >= 4 is 34.1 Å². The number of hydrogen-bond acceptors (Lipinski definition) is 4. The van der Waals surface area contributed by atoms with Crippen LogP contribution in [0.15, 0.2) is 30.2 Å². The number of rotatable bonds is 2. The van der Waals surface area contributed by atoms with Gasteiger partial charge < -0.3 is 4.84 Å². The van der Waals surface area contributed by atoms with E-state index in [0.717, 1.165) is 5.76 Å². The van der Waals surface area contributed by atoms with Gasteiger partial charge in [0.25, 0.3) is 5.24 Å². The molecule has 0 bridgehead atoms. The monoisotopic (exact) mass is 300 g/mol. The highest BCUT2D eigenvalue weighted by molar-refractivity contribution is 6.68. The van der Waals surface area contributed by atoms with Gasteiger partial charge in [-0.2, -0.15) is 0 Å². The predicted molar refractivity (Wildman–Crippen MR) is 75.9 cm³/mol. The van der Waals surface area contributed by atoms with Crippen molar-refractivity contribution in [2.45, 2.75) is 20.8 Å². The summed E-state index contributed by atoms with van der Waals surface area (Å²) in [4.78, 5) is 16.8.